The summed E-state index contributed by atoms with van der Waals surface area (Å²) in [6.45, 7) is 5.10. The van der Waals surface area contributed by atoms with E-state index in [1.165, 1.54) is 0 Å². The summed E-state index contributed by atoms with van der Waals surface area (Å²) in [7, 11) is -3.46. The topological polar surface area (TPSA) is 55.8 Å². The van der Waals surface area contributed by atoms with Crippen LogP contribution in [-0.4, -0.2) is 32.6 Å². The number of sulfonamides is 1. The molecule has 2 heterocycles. The van der Waals surface area contributed by atoms with Gasteiger partial charge in [-0.05, 0) is 55.5 Å². The molecule has 2 aromatic carbocycles. The minimum absolute atomic E-state index is 0.176. The SMILES string of the molecule is Cc1ccc(S(=O)(=O)N2CC[C@H](c3ccc4c(c3)OCO4)C2)c(C)c1. The molecule has 4 rings (SSSR count). The van der Waals surface area contributed by atoms with Crippen molar-refractivity contribution >= 4 is 10.0 Å². The van der Waals surface area contributed by atoms with E-state index in [0.29, 0.717) is 18.0 Å². The van der Waals surface area contributed by atoms with E-state index in [4.69, 9.17) is 9.47 Å². The predicted molar refractivity (Wildman–Crippen MR) is 94.6 cm³/mol. The fourth-order valence-electron chi connectivity index (χ4n) is 3.61. The summed E-state index contributed by atoms with van der Waals surface area (Å²) in [5.74, 6) is 1.67. The van der Waals surface area contributed by atoms with Gasteiger partial charge >= 0.3 is 0 Å². The number of ether oxygens (including phenoxy) is 2. The molecule has 1 saturated heterocycles. The molecule has 0 aromatic heterocycles. The van der Waals surface area contributed by atoms with Crippen LogP contribution < -0.4 is 9.47 Å². The first-order chi connectivity index (χ1) is 11.9. The molecule has 0 bridgehead atoms. The molecule has 25 heavy (non-hydrogen) atoms. The highest BCUT2D eigenvalue weighted by atomic mass is 32.2. The molecule has 1 fully saturated rings. The summed E-state index contributed by atoms with van der Waals surface area (Å²) in [5.41, 5.74) is 2.96. The molecule has 0 amide bonds. The third-order valence-corrected chi connectivity index (χ3v) is 6.99. The Bertz CT molecular complexity index is 923. The van der Waals surface area contributed by atoms with Crippen molar-refractivity contribution in [2.75, 3.05) is 19.9 Å². The Labute approximate surface area is 148 Å². The van der Waals surface area contributed by atoms with E-state index in [9.17, 15) is 8.42 Å². The van der Waals surface area contributed by atoms with Crippen LogP contribution >= 0.6 is 0 Å². The van der Waals surface area contributed by atoms with Gasteiger partial charge in [0.2, 0.25) is 16.8 Å². The molecular weight excluding hydrogens is 338 g/mol. The molecule has 2 aromatic rings. The first-order valence-electron chi connectivity index (χ1n) is 8.42. The number of rotatable bonds is 3. The monoisotopic (exact) mass is 359 g/mol. The van der Waals surface area contributed by atoms with Crippen LogP contribution in [0.5, 0.6) is 11.5 Å². The number of fused-ring (bicyclic) bond motifs is 1. The maximum atomic E-state index is 13.0. The third kappa shape index (κ3) is 2.89. The van der Waals surface area contributed by atoms with Crippen LogP contribution in [0, 0.1) is 13.8 Å². The van der Waals surface area contributed by atoms with Crippen molar-refractivity contribution in [3.63, 3.8) is 0 Å². The van der Waals surface area contributed by atoms with Gasteiger partial charge in [0.05, 0.1) is 4.90 Å². The smallest absolute Gasteiger partial charge is 0.243 e. The zero-order valence-electron chi connectivity index (χ0n) is 14.4. The lowest BCUT2D eigenvalue weighted by Crippen LogP contribution is -2.29. The summed E-state index contributed by atoms with van der Waals surface area (Å²) in [4.78, 5) is 0.407. The van der Waals surface area contributed by atoms with Crippen molar-refractivity contribution in [2.24, 2.45) is 0 Å². The lowest BCUT2D eigenvalue weighted by Gasteiger charge is -2.18. The number of hydrogen-bond acceptors (Lipinski definition) is 4. The van der Waals surface area contributed by atoms with Crippen molar-refractivity contribution in [1.82, 2.24) is 4.31 Å². The molecule has 0 unspecified atom stereocenters. The van der Waals surface area contributed by atoms with Gasteiger partial charge in [-0.1, -0.05) is 23.8 Å². The van der Waals surface area contributed by atoms with Gasteiger partial charge in [-0.25, -0.2) is 8.42 Å². The summed E-state index contributed by atoms with van der Waals surface area (Å²) < 4.78 is 38.4. The van der Waals surface area contributed by atoms with Crippen LogP contribution in [0.4, 0.5) is 0 Å². The van der Waals surface area contributed by atoms with Gasteiger partial charge in [0.15, 0.2) is 11.5 Å². The van der Waals surface area contributed by atoms with Gasteiger partial charge in [0.1, 0.15) is 0 Å². The molecule has 0 spiro atoms. The molecule has 0 radical (unpaired) electrons. The fraction of sp³-hybridized carbons (Fsp3) is 0.368. The molecule has 5 nitrogen and oxygen atoms in total. The highest BCUT2D eigenvalue weighted by Crippen LogP contribution is 2.38. The van der Waals surface area contributed by atoms with Crippen LogP contribution in [0.25, 0.3) is 0 Å². The molecule has 6 heteroatoms. The van der Waals surface area contributed by atoms with Gasteiger partial charge in [-0.2, -0.15) is 4.31 Å². The molecule has 0 aliphatic carbocycles. The standard InChI is InChI=1S/C19H21NO4S/c1-13-3-6-19(14(2)9-13)25(21,22)20-8-7-16(11-20)15-4-5-17-18(10-15)24-12-23-17/h3-6,9-10,16H,7-8,11-12H2,1-2H3/t16-/m0/s1. The Morgan fingerprint density at radius 3 is 2.64 bits per heavy atom. The van der Waals surface area contributed by atoms with E-state index in [-0.39, 0.29) is 12.7 Å². The second-order valence-electron chi connectivity index (χ2n) is 6.73. The van der Waals surface area contributed by atoms with E-state index >= 15 is 0 Å². The van der Waals surface area contributed by atoms with Crippen molar-refractivity contribution in [2.45, 2.75) is 31.1 Å². The van der Waals surface area contributed by atoms with Gasteiger partial charge in [0, 0.05) is 13.1 Å². The van der Waals surface area contributed by atoms with Gasteiger partial charge < -0.3 is 9.47 Å². The molecule has 2 aliphatic rings. The van der Waals surface area contributed by atoms with Gasteiger partial charge in [0.25, 0.3) is 0 Å². The van der Waals surface area contributed by atoms with Crippen LogP contribution in [0.15, 0.2) is 41.3 Å². The van der Waals surface area contributed by atoms with Crippen molar-refractivity contribution in [3.05, 3.63) is 53.1 Å². The zero-order chi connectivity index (χ0) is 17.6. The number of nitrogens with zero attached hydrogens (tertiary/aromatic N) is 1. The average Bonchev–Trinajstić information content (AvgIpc) is 3.23. The predicted octanol–water partition coefficient (Wildman–Crippen LogP) is 3.21. The molecule has 132 valence electrons. The first-order valence-corrected chi connectivity index (χ1v) is 9.86. The van der Waals surface area contributed by atoms with E-state index in [1.54, 1.807) is 10.4 Å². The van der Waals surface area contributed by atoms with E-state index in [1.807, 2.05) is 44.2 Å². The van der Waals surface area contributed by atoms with E-state index in [0.717, 1.165) is 34.6 Å². The molecule has 1 atom stereocenters. The van der Waals surface area contributed by atoms with Crippen molar-refractivity contribution < 1.29 is 17.9 Å². The van der Waals surface area contributed by atoms with E-state index in [2.05, 4.69) is 0 Å². The highest BCUT2D eigenvalue weighted by Gasteiger charge is 2.34. The highest BCUT2D eigenvalue weighted by molar-refractivity contribution is 7.89. The summed E-state index contributed by atoms with van der Waals surface area (Å²) in [5, 5.41) is 0. The minimum Gasteiger partial charge on any atom is -0.454 e. The zero-order valence-corrected chi connectivity index (χ0v) is 15.2. The Morgan fingerprint density at radius 2 is 1.84 bits per heavy atom. The Kier molecular flexibility index (Phi) is 3.96. The largest absolute Gasteiger partial charge is 0.454 e. The minimum atomic E-state index is -3.46. The second-order valence-corrected chi connectivity index (χ2v) is 8.64. The molecule has 0 saturated carbocycles. The van der Waals surface area contributed by atoms with Crippen LogP contribution in [0.3, 0.4) is 0 Å². The summed E-state index contributed by atoms with van der Waals surface area (Å²) >= 11 is 0. The van der Waals surface area contributed by atoms with Gasteiger partial charge in [-0.15, -0.1) is 0 Å². The third-order valence-electron chi connectivity index (χ3n) is 4.97. The lowest BCUT2D eigenvalue weighted by atomic mass is 9.98. The first kappa shape index (κ1) is 16.4. The Balaban J connectivity index is 1.57. The maximum Gasteiger partial charge on any atom is 0.243 e. The molecule has 2 aliphatic heterocycles. The number of aryl methyl sites for hydroxylation is 2. The van der Waals surface area contributed by atoms with Crippen molar-refractivity contribution in [3.8, 4) is 11.5 Å². The fourth-order valence-corrected chi connectivity index (χ4v) is 5.32. The summed E-state index contributed by atoms with van der Waals surface area (Å²) in [6.07, 6.45) is 0.809. The Hall–Kier alpha value is -2.05. The number of hydrogen-bond donors (Lipinski definition) is 0. The Morgan fingerprint density at radius 1 is 1.04 bits per heavy atom. The van der Waals surface area contributed by atoms with Crippen LogP contribution in [0.2, 0.25) is 0 Å². The normalized spacial score (nSPS) is 20.2. The summed E-state index contributed by atoms with van der Waals surface area (Å²) in [6, 6.07) is 11.4. The van der Waals surface area contributed by atoms with Gasteiger partial charge in [-0.3, -0.25) is 0 Å². The van der Waals surface area contributed by atoms with Crippen LogP contribution in [-0.2, 0) is 10.0 Å². The lowest BCUT2D eigenvalue weighted by molar-refractivity contribution is 0.174. The molecule has 0 N–H and O–H groups in total. The quantitative estimate of drug-likeness (QED) is 0.844. The van der Waals surface area contributed by atoms with E-state index < -0.39 is 10.0 Å². The molecular formula is C19H21NO4S. The van der Waals surface area contributed by atoms with Crippen molar-refractivity contribution in [1.29, 1.82) is 0 Å². The number of benzene rings is 2. The maximum absolute atomic E-state index is 13.0. The average molecular weight is 359 g/mol. The van der Waals surface area contributed by atoms with Crippen LogP contribution in [0.1, 0.15) is 29.0 Å². The second kappa shape index (κ2) is 6.04.